The van der Waals surface area contributed by atoms with Crippen LogP contribution in [0.1, 0.15) is 10.4 Å². The molecular weight excluding hydrogens is 332 g/mol. The van der Waals surface area contributed by atoms with Crippen molar-refractivity contribution in [2.45, 2.75) is 0 Å². The standard InChI is InChI=1S/C14H6ClF2N3O3/c15-10-2-1-6-12(21)7(14(22)23)5-20(13(6)19-10)11-8(16)3-18-4-9(11)17/h1-5H,(H,22,23). The quantitative estimate of drug-likeness (QED) is 0.726. The molecule has 0 saturated heterocycles. The maximum absolute atomic E-state index is 14.0. The fourth-order valence-corrected chi connectivity index (χ4v) is 2.28. The lowest BCUT2D eigenvalue weighted by Gasteiger charge is -2.13. The summed E-state index contributed by atoms with van der Waals surface area (Å²) in [6, 6.07) is 2.52. The molecule has 116 valence electrons. The predicted molar refractivity (Wildman–Crippen MR) is 77.0 cm³/mol. The molecule has 0 fully saturated rings. The second-order valence-corrected chi connectivity index (χ2v) is 4.89. The minimum Gasteiger partial charge on any atom is -0.477 e. The monoisotopic (exact) mass is 337 g/mol. The van der Waals surface area contributed by atoms with Crippen molar-refractivity contribution in [2.75, 3.05) is 0 Å². The van der Waals surface area contributed by atoms with Crippen molar-refractivity contribution in [3.63, 3.8) is 0 Å². The number of carboxylic acids is 1. The van der Waals surface area contributed by atoms with E-state index in [9.17, 15) is 18.4 Å². The van der Waals surface area contributed by atoms with Gasteiger partial charge in [0.25, 0.3) is 0 Å². The first-order valence-corrected chi connectivity index (χ1v) is 6.52. The van der Waals surface area contributed by atoms with E-state index in [4.69, 9.17) is 16.7 Å². The van der Waals surface area contributed by atoms with Crippen molar-refractivity contribution in [3.8, 4) is 5.69 Å². The largest absolute Gasteiger partial charge is 0.477 e. The van der Waals surface area contributed by atoms with E-state index in [0.29, 0.717) is 0 Å². The van der Waals surface area contributed by atoms with E-state index in [-0.39, 0.29) is 16.2 Å². The summed E-state index contributed by atoms with van der Waals surface area (Å²) in [7, 11) is 0. The van der Waals surface area contributed by atoms with Crippen LogP contribution in [0.15, 0.2) is 35.5 Å². The molecule has 0 unspecified atom stereocenters. The molecule has 0 bridgehead atoms. The Morgan fingerprint density at radius 3 is 2.48 bits per heavy atom. The zero-order valence-electron chi connectivity index (χ0n) is 11.1. The summed E-state index contributed by atoms with van der Waals surface area (Å²) in [6.07, 6.45) is 2.32. The summed E-state index contributed by atoms with van der Waals surface area (Å²) in [5.41, 5.74) is -2.27. The Kier molecular flexibility index (Phi) is 3.53. The van der Waals surface area contributed by atoms with Gasteiger partial charge in [-0.3, -0.25) is 14.3 Å². The van der Waals surface area contributed by atoms with Gasteiger partial charge < -0.3 is 5.11 Å². The number of hydrogen-bond acceptors (Lipinski definition) is 4. The SMILES string of the molecule is O=C(O)c1cn(-c2c(F)cncc2F)c2nc(Cl)ccc2c1=O. The lowest BCUT2D eigenvalue weighted by molar-refractivity contribution is 0.0695. The number of carbonyl (C=O) groups is 1. The Bertz CT molecular complexity index is 1000. The minimum atomic E-state index is -1.53. The summed E-state index contributed by atoms with van der Waals surface area (Å²) >= 11 is 5.77. The van der Waals surface area contributed by atoms with Gasteiger partial charge in [0, 0.05) is 6.20 Å². The Labute approximate surface area is 131 Å². The summed E-state index contributed by atoms with van der Waals surface area (Å²) in [4.78, 5) is 30.6. The average Bonchev–Trinajstić information content (AvgIpc) is 2.48. The first kappa shape index (κ1) is 15.0. The van der Waals surface area contributed by atoms with E-state index in [2.05, 4.69) is 9.97 Å². The molecule has 0 spiro atoms. The summed E-state index contributed by atoms with van der Waals surface area (Å²) in [6.45, 7) is 0. The lowest BCUT2D eigenvalue weighted by Crippen LogP contribution is -2.20. The number of hydrogen-bond donors (Lipinski definition) is 1. The van der Waals surface area contributed by atoms with Gasteiger partial charge in [0.2, 0.25) is 5.43 Å². The van der Waals surface area contributed by atoms with Gasteiger partial charge in [-0.2, -0.15) is 0 Å². The zero-order chi connectivity index (χ0) is 16.7. The molecule has 0 aliphatic carbocycles. The zero-order valence-corrected chi connectivity index (χ0v) is 11.9. The van der Waals surface area contributed by atoms with Crippen LogP contribution in [-0.4, -0.2) is 25.6 Å². The van der Waals surface area contributed by atoms with Gasteiger partial charge >= 0.3 is 5.97 Å². The van der Waals surface area contributed by atoms with Crippen LogP contribution in [0.3, 0.4) is 0 Å². The Hall–Kier alpha value is -2.87. The molecule has 9 heteroatoms. The third-order valence-corrected chi connectivity index (χ3v) is 3.33. The van der Waals surface area contributed by atoms with Crippen LogP contribution in [0.4, 0.5) is 8.78 Å². The highest BCUT2D eigenvalue weighted by Crippen LogP contribution is 2.22. The lowest BCUT2D eigenvalue weighted by atomic mass is 10.2. The van der Waals surface area contributed by atoms with Crippen LogP contribution < -0.4 is 5.43 Å². The van der Waals surface area contributed by atoms with Gasteiger partial charge in [0.1, 0.15) is 22.1 Å². The summed E-state index contributed by atoms with van der Waals surface area (Å²) in [5, 5.41) is 8.97. The second kappa shape index (κ2) is 5.40. The average molecular weight is 338 g/mol. The van der Waals surface area contributed by atoms with Crippen molar-refractivity contribution < 1.29 is 18.7 Å². The molecule has 3 aromatic heterocycles. The van der Waals surface area contributed by atoms with E-state index in [1.54, 1.807) is 0 Å². The molecule has 23 heavy (non-hydrogen) atoms. The smallest absolute Gasteiger partial charge is 0.341 e. The highest BCUT2D eigenvalue weighted by atomic mass is 35.5. The highest BCUT2D eigenvalue weighted by molar-refractivity contribution is 6.29. The number of nitrogens with zero attached hydrogens (tertiary/aromatic N) is 3. The van der Waals surface area contributed by atoms with Crippen molar-refractivity contribution in [1.82, 2.24) is 14.5 Å². The number of rotatable bonds is 2. The van der Waals surface area contributed by atoms with Gasteiger partial charge in [0.15, 0.2) is 11.6 Å². The van der Waals surface area contributed by atoms with Crippen LogP contribution in [0, 0.1) is 11.6 Å². The number of aromatic carboxylic acids is 1. The van der Waals surface area contributed by atoms with E-state index in [0.717, 1.165) is 23.2 Å². The van der Waals surface area contributed by atoms with Crippen molar-refractivity contribution >= 4 is 28.6 Å². The first-order chi connectivity index (χ1) is 10.9. The molecule has 1 N–H and O–H groups in total. The summed E-state index contributed by atoms with van der Waals surface area (Å²) < 4.78 is 28.8. The summed E-state index contributed by atoms with van der Waals surface area (Å²) in [5.74, 6) is -3.63. The van der Waals surface area contributed by atoms with Crippen LogP contribution in [0.5, 0.6) is 0 Å². The maximum Gasteiger partial charge on any atom is 0.341 e. The molecule has 6 nitrogen and oxygen atoms in total. The Balaban J connectivity index is 2.54. The van der Waals surface area contributed by atoms with Crippen molar-refractivity contribution in [1.29, 1.82) is 0 Å². The number of halogens is 3. The van der Waals surface area contributed by atoms with E-state index in [1.807, 2.05) is 0 Å². The normalized spacial score (nSPS) is 10.9. The van der Waals surface area contributed by atoms with Crippen LogP contribution in [0.2, 0.25) is 5.15 Å². The highest BCUT2D eigenvalue weighted by Gasteiger charge is 2.20. The number of carboxylic acid groups (broad SMARTS) is 1. The minimum absolute atomic E-state index is 0.0244. The van der Waals surface area contributed by atoms with E-state index < -0.39 is 34.3 Å². The third kappa shape index (κ3) is 2.42. The van der Waals surface area contributed by atoms with E-state index >= 15 is 0 Å². The third-order valence-electron chi connectivity index (χ3n) is 3.12. The molecule has 3 aromatic rings. The van der Waals surface area contributed by atoms with Gasteiger partial charge in [0.05, 0.1) is 17.8 Å². The van der Waals surface area contributed by atoms with Crippen molar-refractivity contribution in [2.24, 2.45) is 0 Å². The molecule has 0 aromatic carbocycles. The molecule has 0 atom stereocenters. The van der Waals surface area contributed by atoms with Gasteiger partial charge in [-0.1, -0.05) is 11.6 Å². The second-order valence-electron chi connectivity index (χ2n) is 4.50. The molecule has 0 aliphatic heterocycles. The Morgan fingerprint density at radius 1 is 1.22 bits per heavy atom. The maximum atomic E-state index is 14.0. The molecule has 0 aliphatic rings. The fraction of sp³-hybridized carbons (Fsp3) is 0. The van der Waals surface area contributed by atoms with Crippen LogP contribution in [0.25, 0.3) is 16.7 Å². The first-order valence-electron chi connectivity index (χ1n) is 6.14. The van der Waals surface area contributed by atoms with Crippen LogP contribution in [-0.2, 0) is 0 Å². The molecule has 0 saturated carbocycles. The van der Waals surface area contributed by atoms with E-state index in [1.165, 1.54) is 12.1 Å². The predicted octanol–water partition coefficient (Wildman–Crippen LogP) is 2.41. The van der Waals surface area contributed by atoms with Crippen LogP contribution >= 0.6 is 11.6 Å². The van der Waals surface area contributed by atoms with Crippen molar-refractivity contribution in [3.05, 3.63) is 63.3 Å². The number of aromatic nitrogens is 3. The van der Waals surface area contributed by atoms with Gasteiger partial charge in [-0.05, 0) is 12.1 Å². The fourth-order valence-electron chi connectivity index (χ4n) is 2.14. The number of pyridine rings is 3. The molecular formula is C14H6ClF2N3O3. The van der Waals surface area contributed by atoms with Gasteiger partial charge in [-0.15, -0.1) is 0 Å². The molecule has 0 radical (unpaired) electrons. The number of fused-ring (bicyclic) bond motifs is 1. The molecule has 3 rings (SSSR count). The van der Waals surface area contributed by atoms with Gasteiger partial charge in [-0.25, -0.2) is 18.6 Å². The topological polar surface area (TPSA) is 85.1 Å². The molecule has 3 heterocycles. The molecule has 0 amide bonds. The Morgan fingerprint density at radius 2 is 1.87 bits per heavy atom.